The average molecular weight is 455 g/mol. The molecule has 1 aliphatic heterocycles. The van der Waals surface area contributed by atoms with Crippen molar-refractivity contribution in [2.24, 2.45) is 0 Å². The molecule has 2 aromatic heterocycles. The molecule has 172 valence electrons. The molecule has 4 aromatic rings. The van der Waals surface area contributed by atoms with Gasteiger partial charge in [-0.1, -0.05) is 37.1 Å². The van der Waals surface area contributed by atoms with Crippen molar-refractivity contribution in [2.75, 3.05) is 11.5 Å². The first kappa shape index (κ1) is 21.9. The number of rotatable bonds is 6. The molecule has 0 bridgehead atoms. The molecule has 6 nitrogen and oxygen atoms in total. The van der Waals surface area contributed by atoms with Crippen molar-refractivity contribution < 1.29 is 13.9 Å². The average Bonchev–Trinajstić information content (AvgIpc) is 3.12. The lowest BCUT2D eigenvalue weighted by Gasteiger charge is -2.24. The molecule has 34 heavy (non-hydrogen) atoms. The van der Waals surface area contributed by atoms with Gasteiger partial charge in [0, 0.05) is 6.20 Å². The van der Waals surface area contributed by atoms with E-state index >= 15 is 0 Å². The highest BCUT2D eigenvalue weighted by Crippen LogP contribution is 2.41. The van der Waals surface area contributed by atoms with Gasteiger partial charge in [-0.05, 0) is 67.8 Å². The van der Waals surface area contributed by atoms with E-state index in [1.807, 2.05) is 56.3 Å². The first-order valence-corrected chi connectivity index (χ1v) is 11.5. The van der Waals surface area contributed by atoms with Crippen LogP contribution in [0.5, 0.6) is 5.75 Å². The predicted molar refractivity (Wildman–Crippen MR) is 132 cm³/mol. The molecule has 1 amide bonds. The Morgan fingerprint density at radius 3 is 2.65 bits per heavy atom. The molecular weight excluding hydrogens is 428 g/mol. The lowest BCUT2D eigenvalue weighted by Crippen LogP contribution is -2.30. The van der Waals surface area contributed by atoms with E-state index in [-0.39, 0.29) is 17.1 Å². The SMILES string of the molecule is CCCCOc1cccc(C2c3c(oc4ccc(C)cc4c3=O)C(=O)N2c2cc(C)ccn2)c1. The normalized spacial score (nSPS) is 15.1. The molecular formula is C28H26N2O4. The number of anilines is 1. The van der Waals surface area contributed by atoms with Crippen LogP contribution in [-0.4, -0.2) is 17.5 Å². The molecule has 1 unspecified atom stereocenters. The van der Waals surface area contributed by atoms with Crippen molar-refractivity contribution in [2.45, 2.75) is 39.7 Å². The summed E-state index contributed by atoms with van der Waals surface area (Å²) in [6.07, 6.45) is 3.64. The fourth-order valence-corrected chi connectivity index (χ4v) is 4.40. The van der Waals surface area contributed by atoms with E-state index in [9.17, 15) is 9.59 Å². The number of benzene rings is 2. The number of aromatic nitrogens is 1. The Morgan fingerprint density at radius 2 is 1.85 bits per heavy atom. The van der Waals surface area contributed by atoms with Crippen molar-refractivity contribution in [1.29, 1.82) is 0 Å². The highest BCUT2D eigenvalue weighted by Gasteiger charge is 2.44. The molecule has 6 heteroatoms. The number of hydrogen-bond donors (Lipinski definition) is 0. The van der Waals surface area contributed by atoms with Gasteiger partial charge in [-0.15, -0.1) is 0 Å². The number of unbranched alkanes of at least 4 members (excludes halogenated alkanes) is 1. The Morgan fingerprint density at radius 1 is 1.03 bits per heavy atom. The summed E-state index contributed by atoms with van der Waals surface area (Å²) >= 11 is 0. The van der Waals surface area contributed by atoms with Gasteiger partial charge in [-0.3, -0.25) is 14.5 Å². The zero-order chi connectivity index (χ0) is 23.8. The maximum Gasteiger partial charge on any atom is 0.296 e. The Hall–Kier alpha value is -3.93. The zero-order valence-electron chi connectivity index (χ0n) is 19.5. The summed E-state index contributed by atoms with van der Waals surface area (Å²) in [5.74, 6) is 0.852. The van der Waals surface area contributed by atoms with E-state index in [2.05, 4.69) is 11.9 Å². The monoisotopic (exact) mass is 454 g/mol. The molecule has 0 fully saturated rings. The number of fused-ring (bicyclic) bond motifs is 2. The number of nitrogens with zero attached hydrogens (tertiary/aromatic N) is 2. The molecule has 1 atom stereocenters. The highest BCUT2D eigenvalue weighted by molar-refractivity contribution is 6.10. The number of ether oxygens (including phenoxy) is 1. The molecule has 1 aliphatic rings. The van der Waals surface area contributed by atoms with E-state index in [0.29, 0.717) is 34.7 Å². The van der Waals surface area contributed by atoms with Crippen LogP contribution >= 0.6 is 0 Å². The van der Waals surface area contributed by atoms with Gasteiger partial charge < -0.3 is 9.15 Å². The molecule has 0 aliphatic carbocycles. The maximum atomic E-state index is 13.8. The number of hydrogen-bond acceptors (Lipinski definition) is 5. The number of aryl methyl sites for hydroxylation is 2. The molecule has 0 N–H and O–H groups in total. The Bertz CT molecular complexity index is 1460. The molecule has 0 radical (unpaired) electrons. The number of carbonyl (C=O) groups excluding carboxylic acids is 1. The van der Waals surface area contributed by atoms with E-state index in [1.54, 1.807) is 23.2 Å². The molecule has 2 aromatic carbocycles. The molecule has 3 heterocycles. The molecule has 0 saturated carbocycles. The number of pyridine rings is 1. The fourth-order valence-electron chi connectivity index (χ4n) is 4.40. The van der Waals surface area contributed by atoms with Gasteiger partial charge in [-0.25, -0.2) is 4.98 Å². The summed E-state index contributed by atoms with van der Waals surface area (Å²) < 4.78 is 12.0. The summed E-state index contributed by atoms with van der Waals surface area (Å²) in [5.41, 5.74) is 3.21. The van der Waals surface area contributed by atoms with Crippen molar-refractivity contribution in [3.63, 3.8) is 0 Å². The standard InChI is InChI=1S/C28H26N2O4/c1-4-5-13-33-20-8-6-7-19(16-20)25-24-26(31)21-14-17(2)9-10-22(21)34-27(24)28(32)30(25)23-15-18(3)11-12-29-23/h6-12,14-16,25H,4-5,13H2,1-3H3. The van der Waals surface area contributed by atoms with E-state index in [4.69, 9.17) is 9.15 Å². The van der Waals surface area contributed by atoms with Crippen molar-refractivity contribution in [3.8, 4) is 5.75 Å². The van der Waals surface area contributed by atoms with Crippen LogP contribution < -0.4 is 15.1 Å². The van der Waals surface area contributed by atoms with Crippen molar-refractivity contribution in [1.82, 2.24) is 4.98 Å². The van der Waals surface area contributed by atoms with Crippen LogP contribution in [0, 0.1) is 13.8 Å². The molecule has 5 rings (SSSR count). The molecule has 0 spiro atoms. The van der Waals surface area contributed by atoms with Crippen LogP contribution in [0.25, 0.3) is 11.0 Å². The van der Waals surface area contributed by atoms with Crippen LogP contribution in [0.1, 0.15) is 58.6 Å². The van der Waals surface area contributed by atoms with E-state index in [1.165, 1.54) is 0 Å². The van der Waals surface area contributed by atoms with Crippen LogP contribution in [0.15, 0.2) is 70.0 Å². The summed E-state index contributed by atoms with van der Waals surface area (Å²) in [6.45, 7) is 6.58. The lowest BCUT2D eigenvalue weighted by molar-refractivity contribution is 0.0970. The van der Waals surface area contributed by atoms with E-state index < -0.39 is 6.04 Å². The van der Waals surface area contributed by atoms with Gasteiger partial charge in [0.25, 0.3) is 5.91 Å². The van der Waals surface area contributed by atoms with Crippen LogP contribution in [0.3, 0.4) is 0 Å². The van der Waals surface area contributed by atoms with Crippen LogP contribution in [0.2, 0.25) is 0 Å². The van der Waals surface area contributed by atoms with Gasteiger partial charge in [0.1, 0.15) is 17.2 Å². The summed E-state index contributed by atoms with van der Waals surface area (Å²) in [7, 11) is 0. The minimum absolute atomic E-state index is 0.0620. The van der Waals surface area contributed by atoms with Gasteiger partial charge in [0.05, 0.1) is 23.6 Å². The second-order valence-electron chi connectivity index (χ2n) is 8.72. The summed E-state index contributed by atoms with van der Waals surface area (Å²) in [5, 5.41) is 0.464. The van der Waals surface area contributed by atoms with Crippen molar-refractivity contribution in [3.05, 3.63) is 99.0 Å². The molecule has 0 saturated heterocycles. The first-order valence-electron chi connectivity index (χ1n) is 11.5. The minimum Gasteiger partial charge on any atom is -0.494 e. The van der Waals surface area contributed by atoms with Gasteiger partial charge >= 0.3 is 0 Å². The largest absolute Gasteiger partial charge is 0.494 e. The first-order chi connectivity index (χ1) is 16.5. The predicted octanol–water partition coefficient (Wildman–Crippen LogP) is 5.73. The third-order valence-corrected chi connectivity index (χ3v) is 6.11. The Labute approximate surface area is 197 Å². The lowest BCUT2D eigenvalue weighted by atomic mass is 9.98. The second-order valence-corrected chi connectivity index (χ2v) is 8.72. The number of carbonyl (C=O) groups is 1. The number of amides is 1. The summed E-state index contributed by atoms with van der Waals surface area (Å²) in [6, 6.07) is 16.0. The van der Waals surface area contributed by atoms with E-state index in [0.717, 1.165) is 29.5 Å². The van der Waals surface area contributed by atoms with Crippen LogP contribution in [-0.2, 0) is 0 Å². The van der Waals surface area contributed by atoms with Crippen molar-refractivity contribution >= 4 is 22.7 Å². The highest BCUT2D eigenvalue weighted by atomic mass is 16.5. The fraction of sp³-hybridized carbons (Fsp3) is 0.250. The van der Waals surface area contributed by atoms with Crippen LogP contribution in [0.4, 0.5) is 5.82 Å². The Balaban J connectivity index is 1.72. The summed E-state index contributed by atoms with van der Waals surface area (Å²) in [4.78, 5) is 33.4. The van der Waals surface area contributed by atoms with Gasteiger partial charge in [0.15, 0.2) is 5.43 Å². The second kappa shape index (κ2) is 8.78. The third-order valence-electron chi connectivity index (χ3n) is 6.11. The van der Waals surface area contributed by atoms with Gasteiger partial charge in [-0.2, -0.15) is 0 Å². The minimum atomic E-state index is -0.673. The van der Waals surface area contributed by atoms with Gasteiger partial charge in [0.2, 0.25) is 5.76 Å². The maximum absolute atomic E-state index is 13.8. The zero-order valence-corrected chi connectivity index (χ0v) is 19.5. The Kier molecular flexibility index (Phi) is 5.65. The third kappa shape index (κ3) is 3.75. The topological polar surface area (TPSA) is 72.6 Å². The quantitative estimate of drug-likeness (QED) is 0.348. The smallest absolute Gasteiger partial charge is 0.296 e.